The van der Waals surface area contributed by atoms with E-state index in [1.54, 1.807) is 24.3 Å². The van der Waals surface area contributed by atoms with Gasteiger partial charge in [-0.2, -0.15) is 0 Å². The first-order valence-electron chi connectivity index (χ1n) is 11.3. The Morgan fingerprint density at radius 2 is 1.71 bits per heavy atom. The summed E-state index contributed by atoms with van der Waals surface area (Å²) in [6, 6.07) is 14.8. The third-order valence-electron chi connectivity index (χ3n) is 5.76. The molecule has 0 aliphatic carbocycles. The fraction of sp³-hybridized carbons (Fsp3) is 0.346. The van der Waals surface area contributed by atoms with Crippen LogP contribution in [0.1, 0.15) is 31.1 Å². The first kappa shape index (κ1) is 24.0. The van der Waals surface area contributed by atoms with Crippen molar-refractivity contribution in [2.45, 2.75) is 44.4 Å². The Kier molecular flexibility index (Phi) is 7.38. The molecule has 178 valence electrons. The quantitative estimate of drug-likeness (QED) is 0.406. The standard InChI is InChI=1S/C26H29N3O4S/c1-17-12-29(13-18(2)33-17)26(32)15-28-14-24(22-6-4-5-7-23(22)28)34-16-25(31)27-21-10-8-20(9-11-21)19(3)30/h4-11,14,17-18H,12-13,15-16H2,1-3H3,(H,27,31)/t17-,18-/m0/s1. The number of thioether (sulfide) groups is 1. The molecule has 1 N–H and O–H groups in total. The van der Waals surface area contributed by atoms with E-state index in [0.717, 1.165) is 15.8 Å². The van der Waals surface area contributed by atoms with Crippen LogP contribution < -0.4 is 5.32 Å². The van der Waals surface area contributed by atoms with Gasteiger partial charge in [-0.3, -0.25) is 14.4 Å². The second-order valence-corrected chi connectivity index (χ2v) is 9.68. The maximum atomic E-state index is 13.0. The van der Waals surface area contributed by atoms with Crippen molar-refractivity contribution < 1.29 is 19.1 Å². The lowest BCUT2D eigenvalue weighted by Crippen LogP contribution is -2.49. The molecule has 2 atom stereocenters. The smallest absolute Gasteiger partial charge is 0.242 e. The zero-order chi connectivity index (χ0) is 24.2. The molecule has 0 saturated carbocycles. The van der Waals surface area contributed by atoms with Gasteiger partial charge >= 0.3 is 0 Å². The van der Waals surface area contributed by atoms with Crippen LogP contribution in [0, 0.1) is 0 Å². The highest BCUT2D eigenvalue weighted by Gasteiger charge is 2.26. The lowest BCUT2D eigenvalue weighted by Gasteiger charge is -2.35. The normalized spacial score (nSPS) is 18.1. The zero-order valence-electron chi connectivity index (χ0n) is 19.6. The molecule has 0 spiro atoms. The van der Waals surface area contributed by atoms with Gasteiger partial charge in [-0.15, -0.1) is 11.8 Å². The number of hydrogen-bond acceptors (Lipinski definition) is 5. The van der Waals surface area contributed by atoms with Crippen LogP contribution in [-0.4, -0.2) is 58.1 Å². The molecule has 2 heterocycles. The molecule has 0 bridgehead atoms. The molecule has 0 radical (unpaired) electrons. The maximum absolute atomic E-state index is 13.0. The molecule has 4 rings (SSSR count). The number of benzene rings is 2. The van der Waals surface area contributed by atoms with Gasteiger partial charge in [0.25, 0.3) is 0 Å². The summed E-state index contributed by atoms with van der Waals surface area (Å²) in [5, 5.41) is 3.88. The summed E-state index contributed by atoms with van der Waals surface area (Å²) in [6.45, 7) is 6.91. The molecule has 3 aromatic rings. The molecule has 7 nitrogen and oxygen atoms in total. The van der Waals surface area contributed by atoms with E-state index in [9.17, 15) is 14.4 Å². The molecular weight excluding hydrogens is 450 g/mol. The molecule has 1 fully saturated rings. The van der Waals surface area contributed by atoms with E-state index in [0.29, 0.717) is 24.3 Å². The number of aromatic nitrogens is 1. The van der Waals surface area contributed by atoms with Crippen molar-refractivity contribution in [1.29, 1.82) is 0 Å². The van der Waals surface area contributed by atoms with Gasteiger partial charge in [-0.1, -0.05) is 18.2 Å². The highest BCUT2D eigenvalue weighted by atomic mass is 32.2. The number of ether oxygens (including phenoxy) is 1. The second kappa shape index (κ2) is 10.4. The van der Waals surface area contributed by atoms with E-state index in [2.05, 4.69) is 5.32 Å². The summed E-state index contributed by atoms with van der Waals surface area (Å²) in [5.41, 5.74) is 2.22. The van der Waals surface area contributed by atoms with Crippen molar-refractivity contribution >= 4 is 45.9 Å². The van der Waals surface area contributed by atoms with Crippen molar-refractivity contribution in [1.82, 2.24) is 9.47 Å². The minimum Gasteiger partial charge on any atom is -0.372 e. The Bertz CT molecular complexity index is 1190. The molecule has 1 saturated heterocycles. The molecule has 2 amide bonds. The van der Waals surface area contributed by atoms with Crippen molar-refractivity contribution in [3.05, 3.63) is 60.3 Å². The van der Waals surface area contributed by atoms with E-state index in [-0.39, 0.29) is 42.1 Å². The zero-order valence-corrected chi connectivity index (χ0v) is 20.4. The van der Waals surface area contributed by atoms with Crippen molar-refractivity contribution in [2.24, 2.45) is 0 Å². The number of carbonyl (C=O) groups is 3. The molecule has 8 heteroatoms. The summed E-state index contributed by atoms with van der Waals surface area (Å²) in [4.78, 5) is 39.7. The second-order valence-electron chi connectivity index (χ2n) is 8.66. The fourth-order valence-electron chi connectivity index (χ4n) is 4.21. The molecule has 1 aromatic heterocycles. The monoisotopic (exact) mass is 479 g/mol. The lowest BCUT2D eigenvalue weighted by molar-refractivity contribution is -0.143. The highest BCUT2D eigenvalue weighted by molar-refractivity contribution is 8.00. The summed E-state index contributed by atoms with van der Waals surface area (Å²) < 4.78 is 7.71. The Hall–Kier alpha value is -3.10. The van der Waals surface area contributed by atoms with Crippen molar-refractivity contribution in [2.75, 3.05) is 24.2 Å². The summed E-state index contributed by atoms with van der Waals surface area (Å²) in [5.74, 6) is 0.145. The highest BCUT2D eigenvalue weighted by Crippen LogP contribution is 2.30. The molecule has 1 aliphatic rings. The van der Waals surface area contributed by atoms with Gasteiger partial charge in [-0.05, 0) is 51.1 Å². The van der Waals surface area contributed by atoms with Gasteiger partial charge in [0.05, 0.1) is 18.0 Å². The average Bonchev–Trinajstić information content (AvgIpc) is 3.15. The van der Waals surface area contributed by atoms with Gasteiger partial charge in [0.2, 0.25) is 11.8 Å². The van der Waals surface area contributed by atoms with E-state index in [4.69, 9.17) is 4.74 Å². The predicted octanol–water partition coefficient (Wildman–Crippen LogP) is 4.21. The van der Waals surface area contributed by atoms with E-state index in [1.165, 1.54) is 18.7 Å². The molecule has 2 aromatic carbocycles. The Morgan fingerprint density at radius 1 is 1.03 bits per heavy atom. The van der Waals surface area contributed by atoms with Crippen LogP contribution in [0.5, 0.6) is 0 Å². The van der Waals surface area contributed by atoms with Gasteiger partial charge in [-0.25, -0.2) is 0 Å². The molecule has 0 unspecified atom stereocenters. The van der Waals surface area contributed by atoms with Crippen LogP contribution in [0.4, 0.5) is 5.69 Å². The first-order valence-corrected chi connectivity index (χ1v) is 12.3. The minimum atomic E-state index is -0.134. The van der Waals surface area contributed by atoms with Crippen LogP contribution in [0.15, 0.2) is 59.6 Å². The van der Waals surface area contributed by atoms with Crippen LogP contribution in [0.25, 0.3) is 10.9 Å². The summed E-state index contributed by atoms with van der Waals surface area (Å²) in [7, 11) is 0. The first-order chi connectivity index (χ1) is 16.3. The number of Topliss-reactive ketones (excluding diaryl/α,β-unsaturated/α-hetero) is 1. The number of hydrogen-bond donors (Lipinski definition) is 1. The third-order valence-corrected chi connectivity index (χ3v) is 6.81. The molecule has 34 heavy (non-hydrogen) atoms. The Labute approximate surface area is 203 Å². The van der Waals surface area contributed by atoms with E-state index >= 15 is 0 Å². The van der Waals surface area contributed by atoms with Crippen molar-refractivity contribution in [3.63, 3.8) is 0 Å². The number of anilines is 1. The summed E-state index contributed by atoms with van der Waals surface area (Å²) >= 11 is 1.44. The topological polar surface area (TPSA) is 80.6 Å². The number of morpholine rings is 1. The number of ketones is 1. The van der Waals surface area contributed by atoms with Crippen LogP contribution in [0.2, 0.25) is 0 Å². The number of nitrogens with zero attached hydrogens (tertiary/aromatic N) is 2. The number of fused-ring (bicyclic) bond motifs is 1. The largest absolute Gasteiger partial charge is 0.372 e. The molecular formula is C26H29N3O4S. The summed E-state index contributed by atoms with van der Waals surface area (Å²) in [6.07, 6.45) is 2.00. The maximum Gasteiger partial charge on any atom is 0.242 e. The fourth-order valence-corrected chi connectivity index (χ4v) is 5.10. The third kappa shape index (κ3) is 5.69. The Morgan fingerprint density at radius 3 is 2.38 bits per heavy atom. The van der Waals surface area contributed by atoms with E-state index in [1.807, 2.05) is 53.8 Å². The molecule has 1 aliphatic heterocycles. The minimum absolute atomic E-state index is 0.0130. The van der Waals surface area contributed by atoms with Gasteiger partial charge < -0.3 is 19.5 Å². The SMILES string of the molecule is CC(=O)c1ccc(NC(=O)CSc2cn(CC(=O)N3C[C@H](C)O[C@@H](C)C3)c3ccccc23)cc1. The van der Waals surface area contributed by atoms with Gasteiger partial charge in [0.15, 0.2) is 5.78 Å². The average molecular weight is 480 g/mol. The van der Waals surface area contributed by atoms with Crippen LogP contribution in [0.3, 0.4) is 0 Å². The number of amides is 2. The number of nitrogens with one attached hydrogen (secondary N) is 1. The van der Waals surface area contributed by atoms with Gasteiger partial charge in [0, 0.05) is 46.3 Å². The predicted molar refractivity (Wildman–Crippen MR) is 134 cm³/mol. The number of carbonyl (C=O) groups excluding carboxylic acids is 3. The number of para-hydroxylation sites is 1. The Balaban J connectivity index is 1.42. The van der Waals surface area contributed by atoms with Crippen LogP contribution in [-0.2, 0) is 20.9 Å². The number of rotatable bonds is 7. The van der Waals surface area contributed by atoms with Crippen molar-refractivity contribution in [3.8, 4) is 0 Å². The lowest BCUT2D eigenvalue weighted by atomic mass is 10.1. The van der Waals surface area contributed by atoms with E-state index < -0.39 is 0 Å². The van der Waals surface area contributed by atoms with Crippen LogP contribution >= 0.6 is 11.8 Å². The van der Waals surface area contributed by atoms with Gasteiger partial charge in [0.1, 0.15) is 6.54 Å².